The average Bonchev–Trinajstić information content (AvgIpc) is 2.83. The van der Waals surface area contributed by atoms with E-state index in [2.05, 4.69) is 5.32 Å². The summed E-state index contributed by atoms with van der Waals surface area (Å²) >= 11 is 0. The van der Waals surface area contributed by atoms with Crippen molar-refractivity contribution >= 4 is 11.6 Å². The molecule has 0 spiro atoms. The second-order valence-electron chi connectivity index (χ2n) is 3.67. The van der Waals surface area contributed by atoms with Gasteiger partial charge in [0.05, 0.1) is 23.8 Å². The molecule has 4 nitrogen and oxygen atoms in total. The molecule has 0 aliphatic rings. The molecule has 1 aromatic heterocycles. The van der Waals surface area contributed by atoms with E-state index in [4.69, 9.17) is 10.2 Å². The molecule has 1 heterocycles. The van der Waals surface area contributed by atoms with E-state index in [1.807, 2.05) is 0 Å². The minimum Gasteiger partial charge on any atom is -0.472 e. The number of anilines is 1. The quantitative estimate of drug-likeness (QED) is 0.821. The first-order chi connectivity index (χ1) is 8.58. The van der Waals surface area contributed by atoms with Crippen molar-refractivity contribution in [2.24, 2.45) is 0 Å². The number of nitrogens with one attached hydrogen (secondary N) is 1. The standard InChI is InChI=1S/C12H10F2N2O2/c13-8-3-9(11(14)10(15)4-8)12(17)16-5-7-1-2-18-6-7/h1-4,6H,5,15H2,(H,16,17). The number of hydrogen-bond donors (Lipinski definition) is 2. The maximum atomic E-state index is 13.5. The molecule has 0 saturated carbocycles. The third kappa shape index (κ3) is 2.48. The lowest BCUT2D eigenvalue weighted by Gasteiger charge is -2.06. The van der Waals surface area contributed by atoms with Gasteiger partial charge in [0.15, 0.2) is 5.82 Å². The van der Waals surface area contributed by atoms with Crippen LogP contribution in [0, 0.1) is 11.6 Å². The SMILES string of the molecule is Nc1cc(F)cc(C(=O)NCc2ccoc2)c1F. The van der Waals surface area contributed by atoms with Crippen molar-refractivity contribution in [3.05, 3.63) is 53.5 Å². The van der Waals surface area contributed by atoms with E-state index < -0.39 is 28.8 Å². The van der Waals surface area contributed by atoms with E-state index in [-0.39, 0.29) is 6.54 Å². The summed E-state index contributed by atoms with van der Waals surface area (Å²) < 4.78 is 31.4. The molecule has 6 heteroatoms. The Balaban J connectivity index is 2.14. The molecule has 0 radical (unpaired) electrons. The van der Waals surface area contributed by atoms with E-state index in [0.717, 1.165) is 12.1 Å². The van der Waals surface area contributed by atoms with Crippen molar-refractivity contribution in [3.8, 4) is 0 Å². The number of rotatable bonds is 3. The van der Waals surface area contributed by atoms with Crippen molar-refractivity contribution in [1.29, 1.82) is 0 Å². The highest BCUT2D eigenvalue weighted by Gasteiger charge is 2.15. The first kappa shape index (κ1) is 12.1. The van der Waals surface area contributed by atoms with Gasteiger partial charge in [0, 0.05) is 12.1 Å². The molecule has 3 N–H and O–H groups in total. The van der Waals surface area contributed by atoms with Gasteiger partial charge >= 0.3 is 0 Å². The summed E-state index contributed by atoms with van der Waals surface area (Å²) in [6, 6.07) is 3.27. The highest BCUT2D eigenvalue weighted by Crippen LogP contribution is 2.17. The Bertz CT molecular complexity index is 568. The van der Waals surface area contributed by atoms with E-state index >= 15 is 0 Å². The lowest BCUT2D eigenvalue weighted by atomic mass is 10.1. The first-order valence-electron chi connectivity index (χ1n) is 5.11. The van der Waals surface area contributed by atoms with Crippen LogP contribution in [0.15, 0.2) is 35.1 Å². The fraction of sp³-hybridized carbons (Fsp3) is 0.0833. The number of nitrogen functional groups attached to an aromatic ring is 1. The zero-order valence-corrected chi connectivity index (χ0v) is 9.24. The smallest absolute Gasteiger partial charge is 0.254 e. The van der Waals surface area contributed by atoms with Crippen LogP contribution >= 0.6 is 0 Å². The van der Waals surface area contributed by atoms with Crippen molar-refractivity contribution in [1.82, 2.24) is 5.32 Å². The Labute approximate surface area is 101 Å². The summed E-state index contributed by atoms with van der Waals surface area (Å²) in [5, 5.41) is 2.44. The Morgan fingerprint density at radius 3 is 2.83 bits per heavy atom. The summed E-state index contributed by atoms with van der Waals surface area (Å²) in [4.78, 5) is 11.7. The molecule has 94 valence electrons. The normalized spacial score (nSPS) is 10.3. The number of amides is 1. The van der Waals surface area contributed by atoms with Gasteiger partial charge in [-0.25, -0.2) is 8.78 Å². The van der Waals surface area contributed by atoms with Crippen molar-refractivity contribution in [3.63, 3.8) is 0 Å². The summed E-state index contributed by atoms with van der Waals surface area (Å²) in [5.41, 5.74) is 5.14. The Kier molecular flexibility index (Phi) is 3.27. The summed E-state index contributed by atoms with van der Waals surface area (Å²) in [5.74, 6) is -2.43. The zero-order chi connectivity index (χ0) is 13.1. The maximum absolute atomic E-state index is 13.5. The van der Waals surface area contributed by atoms with E-state index in [9.17, 15) is 13.6 Å². The Hall–Kier alpha value is -2.37. The van der Waals surface area contributed by atoms with Gasteiger partial charge < -0.3 is 15.5 Å². The van der Waals surface area contributed by atoms with Crippen LogP contribution in [0.2, 0.25) is 0 Å². The molecule has 0 bridgehead atoms. The van der Waals surface area contributed by atoms with Crippen molar-refractivity contribution in [2.75, 3.05) is 5.73 Å². The number of hydrogen-bond acceptors (Lipinski definition) is 3. The molecule has 0 fully saturated rings. The fourth-order valence-corrected chi connectivity index (χ4v) is 1.45. The van der Waals surface area contributed by atoms with Gasteiger partial charge in [-0.3, -0.25) is 4.79 Å². The molecule has 0 aliphatic carbocycles. The third-order valence-electron chi connectivity index (χ3n) is 2.34. The minimum absolute atomic E-state index is 0.158. The minimum atomic E-state index is -0.930. The lowest BCUT2D eigenvalue weighted by molar-refractivity contribution is 0.0946. The number of furan rings is 1. The molecular formula is C12H10F2N2O2. The van der Waals surface area contributed by atoms with Gasteiger partial charge in [0.2, 0.25) is 0 Å². The van der Waals surface area contributed by atoms with E-state index in [0.29, 0.717) is 5.56 Å². The van der Waals surface area contributed by atoms with Crippen molar-refractivity contribution < 1.29 is 18.0 Å². The van der Waals surface area contributed by atoms with Gasteiger partial charge in [0.25, 0.3) is 5.91 Å². The molecule has 1 amide bonds. The van der Waals surface area contributed by atoms with Crippen LogP contribution in [-0.4, -0.2) is 5.91 Å². The second kappa shape index (κ2) is 4.87. The fourth-order valence-electron chi connectivity index (χ4n) is 1.45. The number of halogens is 2. The number of carbonyl (C=O) groups is 1. The lowest BCUT2D eigenvalue weighted by Crippen LogP contribution is -2.24. The summed E-state index contributed by atoms with van der Waals surface area (Å²) in [6.07, 6.45) is 2.89. The van der Waals surface area contributed by atoms with Crippen LogP contribution in [0.1, 0.15) is 15.9 Å². The van der Waals surface area contributed by atoms with Crippen LogP contribution < -0.4 is 11.1 Å². The molecule has 18 heavy (non-hydrogen) atoms. The van der Waals surface area contributed by atoms with E-state index in [1.54, 1.807) is 6.07 Å². The van der Waals surface area contributed by atoms with Crippen LogP contribution in [0.25, 0.3) is 0 Å². The predicted octanol–water partition coefficient (Wildman–Crippen LogP) is 2.07. The molecule has 0 saturated heterocycles. The summed E-state index contributed by atoms with van der Waals surface area (Å²) in [7, 11) is 0. The Morgan fingerprint density at radius 2 is 2.17 bits per heavy atom. The highest BCUT2D eigenvalue weighted by molar-refractivity contribution is 5.95. The van der Waals surface area contributed by atoms with Crippen LogP contribution in [0.3, 0.4) is 0 Å². The highest BCUT2D eigenvalue weighted by atomic mass is 19.1. The number of nitrogens with two attached hydrogens (primary N) is 1. The van der Waals surface area contributed by atoms with Gasteiger partial charge in [0.1, 0.15) is 5.82 Å². The van der Waals surface area contributed by atoms with E-state index in [1.165, 1.54) is 12.5 Å². The molecular weight excluding hydrogens is 242 g/mol. The molecule has 0 unspecified atom stereocenters. The van der Waals surface area contributed by atoms with Crippen LogP contribution in [0.4, 0.5) is 14.5 Å². The van der Waals surface area contributed by atoms with Crippen molar-refractivity contribution in [2.45, 2.75) is 6.54 Å². The largest absolute Gasteiger partial charge is 0.472 e. The first-order valence-corrected chi connectivity index (χ1v) is 5.11. The summed E-state index contributed by atoms with van der Waals surface area (Å²) in [6.45, 7) is 0.158. The topological polar surface area (TPSA) is 68.3 Å². The molecule has 0 aliphatic heterocycles. The maximum Gasteiger partial charge on any atom is 0.254 e. The monoisotopic (exact) mass is 252 g/mol. The second-order valence-corrected chi connectivity index (χ2v) is 3.67. The predicted molar refractivity (Wildman–Crippen MR) is 60.6 cm³/mol. The van der Waals surface area contributed by atoms with Crippen LogP contribution in [0.5, 0.6) is 0 Å². The van der Waals surface area contributed by atoms with Gasteiger partial charge in [-0.2, -0.15) is 0 Å². The number of benzene rings is 1. The number of carbonyl (C=O) groups excluding carboxylic acids is 1. The average molecular weight is 252 g/mol. The molecule has 0 atom stereocenters. The molecule has 1 aromatic carbocycles. The molecule has 2 rings (SSSR count). The van der Waals surface area contributed by atoms with Crippen LogP contribution in [-0.2, 0) is 6.54 Å². The third-order valence-corrected chi connectivity index (χ3v) is 2.34. The Morgan fingerprint density at radius 1 is 1.39 bits per heavy atom. The molecule has 2 aromatic rings. The van der Waals surface area contributed by atoms with Gasteiger partial charge in [-0.15, -0.1) is 0 Å². The zero-order valence-electron chi connectivity index (χ0n) is 9.24. The van der Waals surface area contributed by atoms with Gasteiger partial charge in [-0.1, -0.05) is 0 Å². The van der Waals surface area contributed by atoms with Gasteiger partial charge in [-0.05, 0) is 18.2 Å².